The molecule has 0 amide bonds. The predicted octanol–water partition coefficient (Wildman–Crippen LogP) is 15.8. The first-order chi connectivity index (χ1) is 28.3. The maximum atomic E-state index is 5.14. The van der Waals surface area contributed by atoms with Crippen LogP contribution in [0.25, 0.3) is 31.4 Å². The number of pyridine rings is 1. The van der Waals surface area contributed by atoms with Gasteiger partial charge >= 0.3 is 0 Å². The number of nitrogens with zero attached hydrogens (tertiary/aromatic N) is 1. The molecule has 2 aromatic heterocycles. The van der Waals surface area contributed by atoms with Crippen molar-refractivity contribution in [1.82, 2.24) is 4.98 Å². The van der Waals surface area contributed by atoms with E-state index in [4.69, 9.17) is 4.98 Å². The lowest BCUT2D eigenvalue weighted by molar-refractivity contribution is 1.24. The van der Waals surface area contributed by atoms with Gasteiger partial charge in [-0.15, -0.1) is 31.4 Å². The highest BCUT2D eigenvalue weighted by atomic mass is 32.3. The van der Waals surface area contributed by atoms with Gasteiger partial charge in [0.1, 0.15) is 0 Å². The zero-order valence-electron chi connectivity index (χ0n) is 31.2. The van der Waals surface area contributed by atoms with E-state index in [1.54, 1.807) is 0 Å². The van der Waals surface area contributed by atoms with E-state index in [2.05, 4.69) is 231 Å². The van der Waals surface area contributed by atoms with Crippen LogP contribution < -0.4 is 0 Å². The third kappa shape index (κ3) is 5.91. The van der Waals surface area contributed by atoms with Gasteiger partial charge in [0.15, 0.2) is 0 Å². The molecular formula is C53H39NS3. The molecule has 0 aliphatic carbocycles. The molecule has 0 aliphatic rings. The summed E-state index contributed by atoms with van der Waals surface area (Å²) in [7, 11) is -3.66. The average molecular weight is 786 g/mol. The Hall–Kier alpha value is -6.17. The minimum Gasteiger partial charge on any atom is -0.255 e. The lowest BCUT2D eigenvalue weighted by atomic mass is 10.1. The Morgan fingerprint density at radius 2 is 0.719 bits per heavy atom. The van der Waals surface area contributed by atoms with Crippen molar-refractivity contribution in [1.29, 1.82) is 0 Å². The van der Waals surface area contributed by atoms with Crippen LogP contribution in [0.4, 0.5) is 0 Å². The van der Waals surface area contributed by atoms with Gasteiger partial charge in [-0.3, -0.25) is 4.98 Å². The van der Waals surface area contributed by atoms with Crippen molar-refractivity contribution in [2.75, 3.05) is 0 Å². The molecule has 0 saturated heterocycles. The van der Waals surface area contributed by atoms with Crippen molar-refractivity contribution in [3.05, 3.63) is 237 Å². The molecule has 274 valence electrons. The molecule has 0 atom stereocenters. The van der Waals surface area contributed by atoms with E-state index in [1.165, 1.54) is 65.1 Å². The number of aromatic nitrogens is 1. The quantitative estimate of drug-likeness (QED) is 0.142. The minimum atomic E-state index is -1.83. The van der Waals surface area contributed by atoms with Gasteiger partial charge in [-0.05, 0) is 115 Å². The van der Waals surface area contributed by atoms with Crippen LogP contribution in [0.2, 0.25) is 0 Å². The Labute approximate surface area is 341 Å². The number of rotatable bonds is 9. The highest BCUT2D eigenvalue weighted by Gasteiger charge is 2.35. The second-order valence-corrected chi connectivity index (χ2v) is 21.2. The molecule has 1 nitrogen and oxygen atoms in total. The van der Waals surface area contributed by atoms with Gasteiger partial charge < -0.3 is 0 Å². The standard InChI is InChI=1S/C53H39NS3/c1-7-21-41(22-8-1)56(42-23-9-2-10-24-42,43-25-11-3-12-26-43)47-33-19-20-40(38-47)49-36-37-54-52-50-39-48(34-35-51(50)55-53(49)52)57(44-27-13-4-14-28-44,45-29-15-5-16-30-45)46-31-17-6-18-32-46/h1-39H. The SMILES string of the molecule is c1ccc(S(c2ccccc2)(c2ccccc2)c2cccc(-c3ccnc4c3sc3ccc(S(c5ccccc5)(c5ccccc5)c5ccccc5)cc34)c2)cc1. The Bertz CT molecular complexity index is 2740. The van der Waals surface area contributed by atoms with E-state index in [9.17, 15) is 0 Å². The third-order valence-electron chi connectivity index (χ3n) is 10.8. The van der Waals surface area contributed by atoms with Gasteiger partial charge in [0.2, 0.25) is 0 Å². The van der Waals surface area contributed by atoms with E-state index in [1.807, 2.05) is 17.5 Å². The van der Waals surface area contributed by atoms with Crippen molar-refractivity contribution < 1.29 is 0 Å². The van der Waals surface area contributed by atoms with Crippen LogP contribution in [0.15, 0.2) is 276 Å². The van der Waals surface area contributed by atoms with E-state index >= 15 is 0 Å². The van der Waals surface area contributed by atoms with E-state index in [-0.39, 0.29) is 0 Å². The Morgan fingerprint density at radius 1 is 0.333 bits per heavy atom. The smallest absolute Gasteiger partial charge is 0.0895 e. The summed E-state index contributed by atoms with van der Waals surface area (Å²) >= 11 is 1.85. The Balaban J connectivity index is 1.19. The van der Waals surface area contributed by atoms with Crippen LogP contribution >= 0.6 is 31.4 Å². The summed E-state index contributed by atoms with van der Waals surface area (Å²) < 4.78 is 2.45. The summed E-state index contributed by atoms with van der Waals surface area (Å²) in [5.41, 5.74) is 3.46. The van der Waals surface area contributed by atoms with E-state index in [0.717, 1.165) is 5.52 Å². The summed E-state index contributed by atoms with van der Waals surface area (Å²) in [5, 5.41) is 1.20. The first-order valence-corrected chi connectivity index (χ1v) is 23.3. The zero-order valence-corrected chi connectivity index (χ0v) is 33.6. The number of hydrogen-bond acceptors (Lipinski definition) is 2. The van der Waals surface area contributed by atoms with Crippen molar-refractivity contribution in [3.63, 3.8) is 0 Å². The fourth-order valence-corrected chi connectivity index (χ4v) is 17.3. The van der Waals surface area contributed by atoms with Crippen LogP contribution in [0, 0.1) is 0 Å². The van der Waals surface area contributed by atoms with Crippen molar-refractivity contribution in [2.24, 2.45) is 0 Å². The van der Waals surface area contributed by atoms with E-state index < -0.39 is 20.1 Å². The van der Waals surface area contributed by atoms with E-state index in [0.29, 0.717) is 0 Å². The molecule has 10 rings (SSSR count). The summed E-state index contributed by atoms with van der Waals surface area (Å²) in [5.74, 6) is 0. The monoisotopic (exact) mass is 785 g/mol. The van der Waals surface area contributed by atoms with Gasteiger partial charge in [0.05, 0.1) is 10.2 Å². The molecule has 0 radical (unpaired) electrons. The second-order valence-electron chi connectivity index (χ2n) is 13.9. The van der Waals surface area contributed by atoms with Crippen LogP contribution in [-0.2, 0) is 0 Å². The largest absolute Gasteiger partial charge is 0.255 e. The molecule has 0 aliphatic heterocycles. The molecule has 2 heterocycles. The van der Waals surface area contributed by atoms with Gasteiger partial charge in [0.25, 0.3) is 0 Å². The van der Waals surface area contributed by atoms with Crippen LogP contribution in [0.5, 0.6) is 0 Å². The molecule has 0 unspecified atom stereocenters. The van der Waals surface area contributed by atoms with Crippen LogP contribution in [0.1, 0.15) is 0 Å². The average Bonchev–Trinajstić information content (AvgIpc) is 3.68. The summed E-state index contributed by atoms with van der Waals surface area (Å²) in [6.07, 6.45) is 2.00. The maximum absolute atomic E-state index is 5.14. The molecule has 4 heteroatoms. The number of hydrogen-bond donors (Lipinski definition) is 0. The normalized spacial score (nSPS) is 12.4. The van der Waals surface area contributed by atoms with Crippen molar-refractivity contribution in [2.45, 2.75) is 39.2 Å². The fraction of sp³-hybridized carbons (Fsp3) is 0. The molecule has 8 aromatic carbocycles. The Morgan fingerprint density at radius 3 is 1.14 bits per heavy atom. The lowest BCUT2D eigenvalue weighted by Gasteiger charge is -2.42. The van der Waals surface area contributed by atoms with Crippen LogP contribution in [0.3, 0.4) is 0 Å². The van der Waals surface area contributed by atoms with Gasteiger partial charge in [-0.25, -0.2) is 0 Å². The van der Waals surface area contributed by atoms with Crippen molar-refractivity contribution in [3.8, 4) is 11.1 Å². The maximum Gasteiger partial charge on any atom is 0.0895 e. The molecule has 10 aromatic rings. The summed E-state index contributed by atoms with van der Waals surface area (Å²) in [6.45, 7) is 0. The second kappa shape index (κ2) is 15.1. The van der Waals surface area contributed by atoms with Crippen LogP contribution in [-0.4, -0.2) is 4.98 Å². The molecule has 0 fully saturated rings. The molecule has 0 saturated carbocycles. The third-order valence-corrected chi connectivity index (χ3v) is 19.7. The number of fused-ring (bicyclic) bond motifs is 3. The molecule has 57 heavy (non-hydrogen) atoms. The lowest BCUT2D eigenvalue weighted by Crippen LogP contribution is -2.05. The van der Waals surface area contributed by atoms with Crippen molar-refractivity contribution >= 4 is 51.7 Å². The first-order valence-electron chi connectivity index (χ1n) is 19.2. The predicted molar refractivity (Wildman–Crippen MR) is 243 cm³/mol. The van der Waals surface area contributed by atoms with Gasteiger partial charge in [-0.1, -0.05) is 121 Å². The zero-order chi connectivity index (χ0) is 38.1. The Kier molecular flexibility index (Phi) is 9.31. The molecule has 0 spiro atoms. The molecule has 0 bridgehead atoms. The minimum absolute atomic E-state index is 1.05. The summed E-state index contributed by atoms with van der Waals surface area (Å²) in [4.78, 5) is 15.6. The number of benzene rings is 8. The fourth-order valence-electron chi connectivity index (χ4n) is 8.29. The number of thiophene rings is 1. The van der Waals surface area contributed by atoms with Gasteiger partial charge in [0, 0.05) is 61.0 Å². The molecular weight excluding hydrogens is 747 g/mol. The topological polar surface area (TPSA) is 12.9 Å². The highest BCUT2D eigenvalue weighted by Crippen LogP contribution is 2.75. The summed E-state index contributed by atoms with van der Waals surface area (Å²) in [6, 6.07) is 85.1. The first kappa shape index (κ1) is 35.3. The van der Waals surface area contributed by atoms with Gasteiger partial charge in [-0.2, -0.15) is 0 Å². The highest BCUT2D eigenvalue weighted by molar-refractivity contribution is 8.34. The molecule has 0 N–H and O–H groups in total.